The van der Waals surface area contributed by atoms with Gasteiger partial charge < -0.3 is 0 Å². The second-order valence-corrected chi connectivity index (χ2v) is 19.2. The van der Waals surface area contributed by atoms with E-state index in [1.165, 1.54) is 100 Å². The Kier molecular flexibility index (Phi) is 17.4. The molecule has 346 valence electrons. The van der Waals surface area contributed by atoms with Gasteiger partial charge in [-0.05, 0) is 154 Å². The van der Waals surface area contributed by atoms with Gasteiger partial charge in [-0.1, -0.05) is 191 Å². The molecule has 0 bridgehead atoms. The molecule has 66 heavy (non-hydrogen) atoms. The monoisotopic (exact) mass is 877 g/mol. The fourth-order valence-electron chi connectivity index (χ4n) is 10.0. The van der Waals surface area contributed by atoms with E-state index in [2.05, 4.69) is 194 Å². The highest BCUT2D eigenvalue weighted by atomic mass is 14.8. The zero-order valence-corrected chi connectivity index (χ0v) is 43.3. The summed E-state index contributed by atoms with van der Waals surface area (Å²) in [5.41, 5.74) is 26.3. The fraction of sp³-hybridized carbons (Fsp3) is 0.406. The summed E-state index contributed by atoms with van der Waals surface area (Å²) in [6.45, 7) is 32.1. The Morgan fingerprint density at radius 3 is 0.652 bits per heavy atom. The molecule has 0 amide bonds. The molecule has 4 unspecified atom stereocenters. The van der Waals surface area contributed by atoms with E-state index in [4.69, 9.17) is 9.98 Å². The lowest BCUT2D eigenvalue weighted by Crippen LogP contribution is -2.06. The molecule has 0 fully saturated rings. The first-order valence-corrected chi connectivity index (χ1v) is 25.6. The Morgan fingerprint density at radius 1 is 0.303 bits per heavy atom. The highest BCUT2D eigenvalue weighted by molar-refractivity contribution is 6.17. The van der Waals surface area contributed by atoms with Gasteiger partial charge >= 0.3 is 0 Å². The molecular weight excluding hydrogens is 797 g/mol. The second-order valence-electron chi connectivity index (χ2n) is 19.2. The zero-order valence-electron chi connectivity index (χ0n) is 43.3. The van der Waals surface area contributed by atoms with Crippen molar-refractivity contribution in [1.29, 1.82) is 0 Å². The van der Waals surface area contributed by atoms with Crippen LogP contribution in [0.5, 0.6) is 0 Å². The van der Waals surface area contributed by atoms with Gasteiger partial charge in [0.05, 0.1) is 11.4 Å². The van der Waals surface area contributed by atoms with Crippen molar-refractivity contribution in [3.8, 4) is 0 Å². The number of nitrogens with zero attached hydrogens (tertiary/aromatic N) is 2. The van der Waals surface area contributed by atoms with Crippen LogP contribution in [0, 0.1) is 13.8 Å². The molecule has 2 heteroatoms. The molecule has 4 atom stereocenters. The predicted octanol–water partition coefficient (Wildman–Crippen LogP) is 17.5. The van der Waals surface area contributed by atoms with Crippen LogP contribution in [0.25, 0.3) is 0 Å². The molecule has 0 aliphatic carbocycles. The summed E-state index contributed by atoms with van der Waals surface area (Å²) in [7, 11) is 0. The van der Waals surface area contributed by atoms with Crippen LogP contribution in [-0.4, -0.2) is 12.4 Å². The van der Waals surface area contributed by atoms with E-state index < -0.39 is 0 Å². The van der Waals surface area contributed by atoms with Crippen molar-refractivity contribution in [2.75, 3.05) is 0 Å². The van der Waals surface area contributed by atoms with Gasteiger partial charge in [-0.2, -0.15) is 0 Å². The van der Waals surface area contributed by atoms with E-state index in [-0.39, 0.29) is 23.7 Å². The van der Waals surface area contributed by atoms with Crippen molar-refractivity contribution < 1.29 is 0 Å². The summed E-state index contributed by atoms with van der Waals surface area (Å²) < 4.78 is 0. The van der Waals surface area contributed by atoms with Crippen LogP contribution in [0.2, 0.25) is 0 Å². The predicted molar refractivity (Wildman–Crippen MR) is 290 cm³/mol. The van der Waals surface area contributed by atoms with E-state index in [0.717, 1.165) is 62.7 Å². The highest BCUT2D eigenvalue weighted by Crippen LogP contribution is 2.43. The summed E-state index contributed by atoms with van der Waals surface area (Å²) in [4.78, 5) is 11.1. The van der Waals surface area contributed by atoms with Crippen molar-refractivity contribution in [2.24, 2.45) is 9.98 Å². The lowest BCUT2D eigenvalue weighted by atomic mass is 9.82. The summed E-state index contributed by atoms with van der Waals surface area (Å²) in [5.74, 6) is 0.614. The lowest BCUT2D eigenvalue weighted by Gasteiger charge is -2.24. The molecule has 6 aromatic rings. The minimum absolute atomic E-state index is 0.153. The van der Waals surface area contributed by atoms with Crippen molar-refractivity contribution in [2.45, 2.75) is 172 Å². The smallest absolute Gasteiger partial charge is 0.0706 e. The maximum atomic E-state index is 5.53. The van der Waals surface area contributed by atoms with E-state index in [1.807, 2.05) is 12.4 Å². The van der Waals surface area contributed by atoms with Crippen molar-refractivity contribution in [3.63, 3.8) is 0 Å². The minimum Gasteiger partial charge on any atom is -0.255 e. The number of rotatable bonds is 19. The Morgan fingerprint density at radius 2 is 0.485 bits per heavy atom. The summed E-state index contributed by atoms with van der Waals surface area (Å²) >= 11 is 0. The zero-order chi connectivity index (χ0) is 47.7. The van der Waals surface area contributed by atoms with Crippen molar-refractivity contribution >= 4 is 23.8 Å². The molecule has 0 aliphatic rings. The molecule has 0 saturated carbocycles. The third-order valence-electron chi connectivity index (χ3n) is 14.5. The molecule has 0 heterocycles. The normalized spacial score (nSPS) is 13.7. The third-order valence-corrected chi connectivity index (χ3v) is 14.5. The molecule has 0 saturated heterocycles. The number of hydrogen-bond donors (Lipinski definition) is 0. The number of aliphatic imine (C=N–C) groups is 2. The molecule has 0 spiro atoms. The van der Waals surface area contributed by atoms with E-state index in [0.29, 0.717) is 0 Å². The molecule has 6 rings (SSSR count). The standard InChI is InChI=1S/C64H80N2/c1-15-47-29-48(16-2)34-55(33-47)43(11)59-25-41(9)26-60(44(12)56-35-49(17-3)30-50(18-4)36-56)63(59)65-23-24-66-64-61(45(13)57-37-51(19-5)31-52(20-6)38-57)27-42(10)28-62(64)46(14)58-39-53(21-7)32-54(22-8)40-58/h23-40,43-46H,15-22H2,1-14H3. The van der Waals surface area contributed by atoms with Gasteiger partial charge in [0.2, 0.25) is 0 Å². The quantitative estimate of drug-likeness (QED) is 0.0725. The molecule has 0 aliphatic heterocycles. The van der Waals surface area contributed by atoms with E-state index >= 15 is 0 Å². The first kappa shape index (κ1) is 50.1. The van der Waals surface area contributed by atoms with Gasteiger partial charge in [0.15, 0.2) is 0 Å². The van der Waals surface area contributed by atoms with Gasteiger partial charge in [0, 0.05) is 36.1 Å². The van der Waals surface area contributed by atoms with Crippen LogP contribution < -0.4 is 0 Å². The van der Waals surface area contributed by atoms with Crippen LogP contribution in [-0.2, 0) is 51.4 Å². The summed E-state index contributed by atoms with van der Waals surface area (Å²) in [6.07, 6.45) is 12.1. The number of hydrogen-bond acceptors (Lipinski definition) is 2. The lowest BCUT2D eigenvalue weighted by molar-refractivity contribution is 0.873. The fourth-order valence-corrected chi connectivity index (χ4v) is 10.0. The van der Waals surface area contributed by atoms with Crippen LogP contribution >= 0.6 is 0 Å². The Labute approximate surface area is 401 Å². The average Bonchev–Trinajstić information content (AvgIpc) is 3.35. The topological polar surface area (TPSA) is 24.7 Å². The maximum Gasteiger partial charge on any atom is 0.0706 e. The average molecular weight is 877 g/mol. The van der Waals surface area contributed by atoms with Gasteiger partial charge in [0.1, 0.15) is 0 Å². The van der Waals surface area contributed by atoms with Gasteiger partial charge in [-0.15, -0.1) is 0 Å². The van der Waals surface area contributed by atoms with Gasteiger partial charge in [-0.3, -0.25) is 9.98 Å². The van der Waals surface area contributed by atoms with Crippen molar-refractivity contribution in [1.82, 2.24) is 0 Å². The Balaban J connectivity index is 1.56. The first-order valence-electron chi connectivity index (χ1n) is 25.6. The third kappa shape index (κ3) is 11.6. The molecule has 0 radical (unpaired) electrons. The van der Waals surface area contributed by atoms with E-state index in [1.54, 1.807) is 0 Å². The molecule has 2 nitrogen and oxygen atoms in total. The highest BCUT2D eigenvalue weighted by Gasteiger charge is 2.24. The Hall–Kier alpha value is -5.34. The maximum absolute atomic E-state index is 5.53. The van der Waals surface area contributed by atoms with Crippen molar-refractivity contribution in [3.05, 3.63) is 197 Å². The molecule has 0 N–H and O–H groups in total. The largest absolute Gasteiger partial charge is 0.255 e. The molecular formula is C64H80N2. The number of aryl methyl sites for hydroxylation is 10. The van der Waals surface area contributed by atoms with Gasteiger partial charge in [-0.25, -0.2) is 0 Å². The van der Waals surface area contributed by atoms with Gasteiger partial charge in [0.25, 0.3) is 0 Å². The Bertz CT molecular complexity index is 2230. The molecule has 0 aromatic heterocycles. The van der Waals surface area contributed by atoms with Crippen LogP contribution in [0.1, 0.15) is 207 Å². The first-order chi connectivity index (χ1) is 31.8. The summed E-state index contributed by atoms with van der Waals surface area (Å²) in [5, 5.41) is 0. The minimum atomic E-state index is 0.153. The SMILES string of the molecule is CCc1cc(CC)cc(C(C)c2cc(C)cc(C(C)c3cc(CC)cc(CC)c3)c2N=CC=Nc2c(C(C)c3cc(CC)cc(CC)c3)cc(C)cc2C(C)c2cc(CC)cc(CC)c2)c1. The van der Waals surface area contributed by atoms with Crippen LogP contribution in [0.4, 0.5) is 11.4 Å². The summed E-state index contributed by atoms with van der Waals surface area (Å²) in [6, 6.07) is 38.4. The number of benzene rings is 6. The van der Waals surface area contributed by atoms with E-state index in [9.17, 15) is 0 Å². The van der Waals surface area contributed by atoms with Crippen LogP contribution in [0.3, 0.4) is 0 Å². The molecule has 6 aromatic carbocycles. The second kappa shape index (κ2) is 22.9. The van der Waals surface area contributed by atoms with Crippen LogP contribution in [0.15, 0.2) is 107 Å².